The van der Waals surface area contributed by atoms with E-state index in [-0.39, 0.29) is 6.04 Å². The largest absolute Gasteiger partial charge is 0.240 e. The van der Waals surface area contributed by atoms with Gasteiger partial charge in [0.15, 0.2) is 0 Å². The SMILES string of the molecule is CC1CCC(NS(=O)(=O)c2ccc(Br)cc2)C1C. The Balaban J connectivity index is 2.15. The summed E-state index contributed by atoms with van der Waals surface area (Å²) in [4.78, 5) is 0.331. The molecule has 1 N–H and O–H groups in total. The summed E-state index contributed by atoms with van der Waals surface area (Å²) in [6.07, 6.45) is 2.02. The van der Waals surface area contributed by atoms with Crippen LogP contribution in [0.1, 0.15) is 26.7 Å². The molecule has 3 atom stereocenters. The summed E-state index contributed by atoms with van der Waals surface area (Å²) in [5.41, 5.74) is 0. The lowest BCUT2D eigenvalue weighted by Gasteiger charge is -2.19. The molecule has 0 bridgehead atoms. The summed E-state index contributed by atoms with van der Waals surface area (Å²) < 4.78 is 28.2. The predicted octanol–water partition coefficient (Wildman–Crippen LogP) is 3.16. The molecular weight excluding hydrogens is 314 g/mol. The molecule has 0 aromatic heterocycles. The average Bonchev–Trinajstić information content (AvgIpc) is 2.61. The zero-order valence-corrected chi connectivity index (χ0v) is 13.0. The zero-order chi connectivity index (χ0) is 13.3. The molecule has 18 heavy (non-hydrogen) atoms. The second-order valence-electron chi connectivity index (χ2n) is 5.10. The topological polar surface area (TPSA) is 46.2 Å². The third-order valence-electron chi connectivity index (χ3n) is 3.90. The van der Waals surface area contributed by atoms with Crippen molar-refractivity contribution in [1.82, 2.24) is 4.72 Å². The number of hydrogen-bond donors (Lipinski definition) is 1. The fourth-order valence-corrected chi connectivity index (χ4v) is 4.04. The molecule has 3 nitrogen and oxygen atoms in total. The molecule has 1 saturated carbocycles. The van der Waals surface area contributed by atoms with Crippen molar-refractivity contribution in [3.05, 3.63) is 28.7 Å². The summed E-state index contributed by atoms with van der Waals surface area (Å²) in [5, 5.41) is 0. The van der Waals surface area contributed by atoms with E-state index < -0.39 is 10.0 Å². The first-order chi connectivity index (χ1) is 8.40. The molecular formula is C13H18BrNO2S. The molecule has 1 aliphatic rings. The zero-order valence-electron chi connectivity index (χ0n) is 10.6. The standard InChI is InChI=1S/C13H18BrNO2S/c1-9-3-8-13(10(9)2)15-18(16,17)12-6-4-11(14)5-7-12/h4-7,9-10,13,15H,3,8H2,1-2H3. The molecule has 0 saturated heterocycles. The Morgan fingerprint density at radius 3 is 2.28 bits per heavy atom. The Kier molecular flexibility index (Phi) is 4.14. The van der Waals surface area contributed by atoms with Gasteiger partial charge in [0.1, 0.15) is 0 Å². The minimum absolute atomic E-state index is 0.0636. The smallest absolute Gasteiger partial charge is 0.208 e. The second kappa shape index (κ2) is 5.31. The van der Waals surface area contributed by atoms with Gasteiger partial charge in [-0.2, -0.15) is 0 Å². The van der Waals surface area contributed by atoms with Gasteiger partial charge in [0, 0.05) is 10.5 Å². The van der Waals surface area contributed by atoms with Crippen molar-refractivity contribution in [3.8, 4) is 0 Å². The Labute approximate surface area is 117 Å². The van der Waals surface area contributed by atoms with Crippen LogP contribution in [0.25, 0.3) is 0 Å². The van der Waals surface area contributed by atoms with E-state index in [0.717, 1.165) is 17.3 Å². The molecule has 1 fully saturated rings. The number of benzene rings is 1. The van der Waals surface area contributed by atoms with Crippen LogP contribution in [0.3, 0.4) is 0 Å². The highest BCUT2D eigenvalue weighted by Gasteiger charge is 2.32. The Hall–Kier alpha value is -0.390. The van der Waals surface area contributed by atoms with Crippen molar-refractivity contribution in [1.29, 1.82) is 0 Å². The van der Waals surface area contributed by atoms with Gasteiger partial charge in [-0.1, -0.05) is 29.8 Å². The van der Waals surface area contributed by atoms with Crippen molar-refractivity contribution in [2.45, 2.75) is 37.6 Å². The Morgan fingerprint density at radius 2 is 1.78 bits per heavy atom. The number of nitrogens with one attached hydrogen (secondary N) is 1. The minimum atomic E-state index is -3.39. The van der Waals surface area contributed by atoms with Crippen molar-refractivity contribution < 1.29 is 8.42 Å². The highest BCUT2D eigenvalue weighted by atomic mass is 79.9. The maximum absolute atomic E-state index is 12.2. The van der Waals surface area contributed by atoms with Crippen LogP contribution < -0.4 is 4.72 Å². The quantitative estimate of drug-likeness (QED) is 0.924. The van der Waals surface area contributed by atoms with E-state index in [9.17, 15) is 8.42 Å². The fourth-order valence-electron chi connectivity index (χ4n) is 2.41. The van der Waals surface area contributed by atoms with Crippen LogP contribution in [-0.2, 0) is 10.0 Å². The highest BCUT2D eigenvalue weighted by Crippen LogP contribution is 2.32. The van der Waals surface area contributed by atoms with E-state index in [0.29, 0.717) is 16.7 Å². The molecule has 1 aromatic rings. The average molecular weight is 332 g/mol. The lowest BCUT2D eigenvalue weighted by molar-refractivity contribution is 0.402. The molecule has 100 valence electrons. The predicted molar refractivity (Wildman–Crippen MR) is 75.8 cm³/mol. The minimum Gasteiger partial charge on any atom is -0.208 e. The second-order valence-corrected chi connectivity index (χ2v) is 7.73. The molecule has 1 aromatic carbocycles. The van der Waals surface area contributed by atoms with Gasteiger partial charge >= 0.3 is 0 Å². The van der Waals surface area contributed by atoms with Crippen molar-refractivity contribution in [2.24, 2.45) is 11.8 Å². The Morgan fingerprint density at radius 1 is 1.17 bits per heavy atom. The number of hydrogen-bond acceptors (Lipinski definition) is 2. The molecule has 0 radical (unpaired) electrons. The van der Waals surface area contributed by atoms with Crippen LogP contribution in [0.5, 0.6) is 0 Å². The number of halogens is 1. The summed E-state index contributed by atoms with van der Waals surface area (Å²) in [6.45, 7) is 4.30. The van der Waals surface area contributed by atoms with E-state index in [1.54, 1.807) is 24.3 Å². The molecule has 5 heteroatoms. The van der Waals surface area contributed by atoms with Gasteiger partial charge in [-0.15, -0.1) is 0 Å². The van der Waals surface area contributed by atoms with Crippen LogP contribution in [0, 0.1) is 11.8 Å². The normalized spacial score (nSPS) is 28.5. The molecule has 0 aliphatic heterocycles. The van der Waals surface area contributed by atoms with Gasteiger partial charge in [0.2, 0.25) is 10.0 Å². The van der Waals surface area contributed by atoms with Gasteiger partial charge < -0.3 is 0 Å². The van der Waals surface area contributed by atoms with Crippen molar-refractivity contribution in [2.75, 3.05) is 0 Å². The van der Waals surface area contributed by atoms with Crippen LogP contribution in [0.4, 0.5) is 0 Å². The lowest BCUT2D eigenvalue weighted by Crippen LogP contribution is -2.37. The Bertz CT molecular complexity index is 512. The van der Waals surface area contributed by atoms with Crippen LogP contribution in [0.2, 0.25) is 0 Å². The third kappa shape index (κ3) is 2.95. The van der Waals surface area contributed by atoms with Crippen LogP contribution in [-0.4, -0.2) is 14.5 Å². The summed E-state index contributed by atoms with van der Waals surface area (Å²) >= 11 is 3.30. The maximum atomic E-state index is 12.2. The van der Waals surface area contributed by atoms with Crippen LogP contribution in [0.15, 0.2) is 33.6 Å². The first kappa shape index (κ1) is 14.0. The highest BCUT2D eigenvalue weighted by molar-refractivity contribution is 9.10. The summed E-state index contributed by atoms with van der Waals surface area (Å²) in [5.74, 6) is 0.984. The van der Waals surface area contributed by atoms with Gasteiger partial charge in [-0.3, -0.25) is 0 Å². The van der Waals surface area contributed by atoms with Gasteiger partial charge in [0.25, 0.3) is 0 Å². The number of rotatable bonds is 3. The number of sulfonamides is 1. The van der Waals surface area contributed by atoms with Gasteiger partial charge in [0.05, 0.1) is 4.90 Å². The van der Waals surface area contributed by atoms with E-state index in [4.69, 9.17) is 0 Å². The summed E-state index contributed by atoms with van der Waals surface area (Å²) in [7, 11) is -3.39. The van der Waals surface area contributed by atoms with E-state index in [2.05, 4.69) is 34.5 Å². The van der Waals surface area contributed by atoms with E-state index in [1.807, 2.05) is 0 Å². The van der Waals surface area contributed by atoms with Crippen molar-refractivity contribution >= 4 is 26.0 Å². The fraction of sp³-hybridized carbons (Fsp3) is 0.538. The van der Waals surface area contributed by atoms with Crippen molar-refractivity contribution in [3.63, 3.8) is 0 Å². The maximum Gasteiger partial charge on any atom is 0.240 e. The molecule has 3 unspecified atom stereocenters. The first-order valence-corrected chi connectivity index (χ1v) is 8.45. The van der Waals surface area contributed by atoms with Gasteiger partial charge in [-0.05, 0) is 48.9 Å². The van der Waals surface area contributed by atoms with Gasteiger partial charge in [-0.25, -0.2) is 13.1 Å². The summed E-state index contributed by atoms with van der Waals surface area (Å²) in [6, 6.07) is 6.80. The van der Waals surface area contributed by atoms with E-state index >= 15 is 0 Å². The molecule has 0 amide bonds. The monoisotopic (exact) mass is 331 g/mol. The molecule has 0 spiro atoms. The lowest BCUT2D eigenvalue weighted by atomic mass is 9.98. The molecule has 0 heterocycles. The third-order valence-corrected chi connectivity index (χ3v) is 5.93. The first-order valence-electron chi connectivity index (χ1n) is 6.18. The molecule has 1 aliphatic carbocycles. The van der Waals surface area contributed by atoms with E-state index in [1.165, 1.54) is 0 Å². The van der Waals surface area contributed by atoms with Crippen LogP contribution >= 0.6 is 15.9 Å². The molecule has 2 rings (SSSR count).